The second-order valence-corrected chi connectivity index (χ2v) is 11.3. The minimum absolute atomic E-state index is 0.00336. The number of piperidine rings is 1. The summed E-state index contributed by atoms with van der Waals surface area (Å²) < 4.78 is 13.8. The minimum Gasteiger partial charge on any atom is -0.362 e. The Bertz CT molecular complexity index is 1160. The lowest BCUT2D eigenvalue weighted by atomic mass is 9.79. The summed E-state index contributed by atoms with van der Waals surface area (Å²) in [5, 5.41) is 7.40. The van der Waals surface area contributed by atoms with Gasteiger partial charge in [-0.2, -0.15) is 0 Å². The van der Waals surface area contributed by atoms with Crippen LogP contribution in [0.4, 0.5) is 4.39 Å². The molecule has 1 saturated carbocycles. The summed E-state index contributed by atoms with van der Waals surface area (Å²) >= 11 is 0. The zero-order chi connectivity index (χ0) is 25.8. The van der Waals surface area contributed by atoms with Gasteiger partial charge in [0.1, 0.15) is 5.83 Å². The highest BCUT2D eigenvalue weighted by Crippen LogP contribution is 2.37. The van der Waals surface area contributed by atoms with Crippen LogP contribution >= 0.6 is 0 Å². The van der Waals surface area contributed by atoms with Crippen LogP contribution in [0.25, 0.3) is 11.1 Å². The molecule has 2 N–H and O–H groups in total. The van der Waals surface area contributed by atoms with Gasteiger partial charge >= 0.3 is 0 Å². The summed E-state index contributed by atoms with van der Waals surface area (Å²) in [7, 11) is 0. The molecule has 5 rings (SSSR count). The molecule has 0 amide bonds. The number of hydrogen-bond acceptors (Lipinski definition) is 3. The molecule has 3 aliphatic rings. The van der Waals surface area contributed by atoms with Crippen LogP contribution in [0.1, 0.15) is 69.4 Å². The van der Waals surface area contributed by atoms with Crippen molar-refractivity contribution in [1.29, 1.82) is 0 Å². The van der Waals surface area contributed by atoms with E-state index in [0.29, 0.717) is 19.4 Å². The second kappa shape index (κ2) is 11.4. The predicted octanol–water partition coefficient (Wildman–Crippen LogP) is 7.51. The van der Waals surface area contributed by atoms with Gasteiger partial charge in [0.25, 0.3) is 0 Å². The third-order valence-corrected chi connectivity index (χ3v) is 8.69. The average molecular weight is 500 g/mol. The molecule has 0 bridgehead atoms. The monoisotopic (exact) mass is 499 g/mol. The van der Waals surface area contributed by atoms with Crippen LogP contribution in [-0.2, 0) is 5.54 Å². The number of rotatable bonds is 8. The second-order valence-electron chi connectivity index (χ2n) is 11.3. The maximum atomic E-state index is 13.8. The summed E-state index contributed by atoms with van der Waals surface area (Å²) in [6.45, 7) is 11.2. The van der Waals surface area contributed by atoms with Crippen LogP contribution in [0, 0.1) is 6.92 Å². The van der Waals surface area contributed by atoms with E-state index in [1.807, 2.05) is 13.0 Å². The van der Waals surface area contributed by atoms with Gasteiger partial charge in [-0.05, 0) is 74.3 Å². The van der Waals surface area contributed by atoms with Crippen molar-refractivity contribution in [1.82, 2.24) is 15.5 Å². The number of aryl methyl sites for hydroxylation is 1. The fourth-order valence-electron chi connectivity index (χ4n) is 6.41. The molecule has 2 aromatic rings. The fourth-order valence-corrected chi connectivity index (χ4v) is 6.41. The molecule has 2 aliphatic carbocycles. The minimum atomic E-state index is -0.0757. The highest BCUT2D eigenvalue weighted by Gasteiger charge is 2.38. The summed E-state index contributed by atoms with van der Waals surface area (Å²) in [4.78, 5) is 2.73. The number of allylic oxidation sites excluding steroid dienone is 4. The summed E-state index contributed by atoms with van der Waals surface area (Å²) in [6, 6.07) is 18.7. The van der Waals surface area contributed by atoms with Crippen molar-refractivity contribution in [3.05, 3.63) is 95.1 Å². The Balaban J connectivity index is 1.31. The van der Waals surface area contributed by atoms with Crippen molar-refractivity contribution >= 4 is 0 Å². The highest BCUT2D eigenvalue weighted by atomic mass is 19.1. The topological polar surface area (TPSA) is 27.3 Å². The SMILES string of the molecule is C=C(CNC1(c2ccc(-c3cccc(C)c3)cc2)CCN(C2CCCC2)CC1)NC1=CC(C)=C(F)CC1. The largest absolute Gasteiger partial charge is 0.362 e. The summed E-state index contributed by atoms with van der Waals surface area (Å²) in [5.74, 6) is -0.00336. The van der Waals surface area contributed by atoms with Crippen molar-refractivity contribution in [2.45, 2.75) is 76.8 Å². The van der Waals surface area contributed by atoms with Gasteiger partial charge in [0.2, 0.25) is 0 Å². The lowest BCUT2D eigenvalue weighted by Crippen LogP contribution is -2.53. The Morgan fingerprint density at radius 3 is 2.41 bits per heavy atom. The molecule has 0 aromatic heterocycles. The molecule has 2 aromatic carbocycles. The number of nitrogens with zero attached hydrogens (tertiary/aromatic N) is 1. The predicted molar refractivity (Wildman–Crippen MR) is 153 cm³/mol. The van der Waals surface area contributed by atoms with Crippen molar-refractivity contribution in [2.75, 3.05) is 19.6 Å². The Morgan fingerprint density at radius 1 is 1.00 bits per heavy atom. The summed E-state index contributed by atoms with van der Waals surface area (Å²) in [6.07, 6.45) is 10.8. The maximum absolute atomic E-state index is 13.8. The van der Waals surface area contributed by atoms with E-state index in [1.165, 1.54) is 47.9 Å². The Morgan fingerprint density at radius 2 is 1.73 bits per heavy atom. The third kappa shape index (κ3) is 6.08. The first-order valence-corrected chi connectivity index (χ1v) is 14.1. The van der Waals surface area contributed by atoms with Crippen LogP contribution in [0.2, 0.25) is 0 Å². The van der Waals surface area contributed by atoms with Gasteiger partial charge in [0.05, 0.1) is 0 Å². The molecular formula is C33H42FN3. The molecule has 2 fully saturated rings. The standard InChI is InChI=1S/C33H42FN3/c1-24-7-6-8-28(21-24)27-11-13-29(14-12-27)33(17-19-37(20-18-33)31-9-4-5-10-31)35-23-26(3)36-30-15-16-32(34)25(2)22-30/h6-8,11-14,21-22,31,35-36H,3-5,9-10,15-20,23H2,1-2H3. The molecule has 0 radical (unpaired) electrons. The third-order valence-electron chi connectivity index (χ3n) is 8.69. The molecule has 1 saturated heterocycles. The fraction of sp³-hybridized carbons (Fsp3) is 0.455. The van der Waals surface area contributed by atoms with Crippen LogP contribution in [0.3, 0.4) is 0 Å². The molecule has 196 valence electrons. The molecule has 4 heteroatoms. The van der Waals surface area contributed by atoms with Crippen molar-refractivity contribution in [3.8, 4) is 11.1 Å². The Kier molecular flexibility index (Phi) is 7.97. The van der Waals surface area contributed by atoms with Crippen LogP contribution < -0.4 is 10.6 Å². The van der Waals surface area contributed by atoms with Crippen molar-refractivity contribution < 1.29 is 4.39 Å². The molecular weight excluding hydrogens is 457 g/mol. The first-order chi connectivity index (χ1) is 17.9. The van der Waals surface area contributed by atoms with E-state index in [1.54, 1.807) is 0 Å². The molecule has 37 heavy (non-hydrogen) atoms. The van der Waals surface area contributed by atoms with Gasteiger partial charge in [-0.3, -0.25) is 0 Å². The van der Waals surface area contributed by atoms with E-state index in [4.69, 9.17) is 0 Å². The molecule has 3 nitrogen and oxygen atoms in total. The molecule has 0 atom stereocenters. The van der Waals surface area contributed by atoms with Crippen LogP contribution in [0.15, 0.2) is 84.0 Å². The van der Waals surface area contributed by atoms with E-state index < -0.39 is 0 Å². The van der Waals surface area contributed by atoms with Gasteiger partial charge in [0, 0.05) is 49.0 Å². The first-order valence-electron chi connectivity index (χ1n) is 14.1. The first kappa shape index (κ1) is 25.9. The average Bonchev–Trinajstić information content (AvgIpc) is 3.45. The van der Waals surface area contributed by atoms with E-state index in [0.717, 1.165) is 48.9 Å². The number of likely N-dealkylation sites (tertiary alicyclic amines) is 1. The summed E-state index contributed by atoms with van der Waals surface area (Å²) in [5.41, 5.74) is 7.81. The van der Waals surface area contributed by atoms with Gasteiger partial charge in [-0.15, -0.1) is 0 Å². The number of hydrogen-bond donors (Lipinski definition) is 2. The molecule has 1 aliphatic heterocycles. The van der Waals surface area contributed by atoms with Gasteiger partial charge in [-0.25, -0.2) is 4.39 Å². The molecule has 1 heterocycles. The van der Waals surface area contributed by atoms with E-state index >= 15 is 0 Å². The zero-order valence-corrected chi connectivity index (χ0v) is 22.6. The maximum Gasteiger partial charge on any atom is 0.103 e. The number of nitrogens with one attached hydrogen (secondary N) is 2. The van der Waals surface area contributed by atoms with Crippen molar-refractivity contribution in [3.63, 3.8) is 0 Å². The van der Waals surface area contributed by atoms with E-state index in [9.17, 15) is 4.39 Å². The quantitative estimate of drug-likeness (QED) is 0.394. The van der Waals surface area contributed by atoms with Gasteiger partial charge in [-0.1, -0.05) is 73.5 Å². The van der Waals surface area contributed by atoms with Gasteiger partial charge in [0.15, 0.2) is 0 Å². The van der Waals surface area contributed by atoms with Crippen molar-refractivity contribution in [2.24, 2.45) is 0 Å². The van der Waals surface area contributed by atoms with E-state index in [-0.39, 0.29) is 11.4 Å². The smallest absolute Gasteiger partial charge is 0.103 e. The number of benzene rings is 2. The normalized spacial score (nSPS) is 20.7. The number of halogens is 1. The van der Waals surface area contributed by atoms with E-state index in [2.05, 4.69) is 77.6 Å². The van der Waals surface area contributed by atoms with Crippen LogP contribution in [-0.4, -0.2) is 30.6 Å². The highest BCUT2D eigenvalue weighted by molar-refractivity contribution is 5.64. The molecule has 0 spiro atoms. The zero-order valence-electron chi connectivity index (χ0n) is 22.6. The Labute approximate surface area is 222 Å². The van der Waals surface area contributed by atoms with Gasteiger partial charge < -0.3 is 15.5 Å². The lowest BCUT2D eigenvalue weighted by Gasteiger charge is -2.45. The van der Waals surface area contributed by atoms with Crippen LogP contribution in [0.5, 0.6) is 0 Å². The lowest BCUT2D eigenvalue weighted by molar-refractivity contribution is 0.0997. The molecule has 0 unspecified atom stereocenters. The Hall–Kier alpha value is -2.69.